The summed E-state index contributed by atoms with van der Waals surface area (Å²) in [5, 5.41) is 0. The second kappa shape index (κ2) is 4.65. The van der Waals surface area contributed by atoms with Crippen molar-refractivity contribution in [3.63, 3.8) is 0 Å². The van der Waals surface area contributed by atoms with E-state index >= 15 is 0 Å². The molecule has 2 heteroatoms. The van der Waals surface area contributed by atoms with E-state index in [0.717, 1.165) is 38.0 Å². The Hall–Kier alpha value is -0.370. The van der Waals surface area contributed by atoms with E-state index in [-0.39, 0.29) is 0 Å². The van der Waals surface area contributed by atoms with Crippen molar-refractivity contribution in [1.82, 2.24) is 0 Å². The molecule has 0 amide bonds. The molecular formula is C13H23NO. The lowest BCUT2D eigenvalue weighted by molar-refractivity contribution is -0.127. The first-order valence-corrected chi connectivity index (χ1v) is 6.46. The van der Waals surface area contributed by atoms with Crippen LogP contribution in [0.15, 0.2) is 0 Å². The van der Waals surface area contributed by atoms with Crippen LogP contribution in [0.4, 0.5) is 0 Å². The molecule has 0 aromatic carbocycles. The van der Waals surface area contributed by atoms with E-state index in [1.54, 1.807) is 0 Å². The Bertz CT molecular complexity index is 231. The third-order valence-electron chi connectivity index (χ3n) is 4.29. The predicted molar refractivity (Wildman–Crippen MR) is 61.4 cm³/mol. The summed E-state index contributed by atoms with van der Waals surface area (Å²) in [7, 11) is 0. The average molecular weight is 209 g/mol. The molecule has 0 heterocycles. The average Bonchev–Trinajstić information content (AvgIpc) is 2.65. The first-order chi connectivity index (χ1) is 7.16. The molecule has 0 aromatic heterocycles. The van der Waals surface area contributed by atoms with Gasteiger partial charge in [0, 0.05) is 17.9 Å². The van der Waals surface area contributed by atoms with Gasteiger partial charge >= 0.3 is 0 Å². The van der Waals surface area contributed by atoms with E-state index in [4.69, 9.17) is 5.73 Å². The molecule has 2 atom stereocenters. The Balaban J connectivity index is 1.85. The molecule has 2 N–H and O–H groups in total. The van der Waals surface area contributed by atoms with Crippen LogP contribution >= 0.6 is 0 Å². The minimum Gasteiger partial charge on any atom is -0.328 e. The molecule has 0 aromatic rings. The van der Waals surface area contributed by atoms with E-state index in [1.165, 1.54) is 12.8 Å². The Labute approximate surface area is 92.6 Å². The van der Waals surface area contributed by atoms with Crippen molar-refractivity contribution in [2.24, 2.45) is 23.5 Å². The van der Waals surface area contributed by atoms with Crippen LogP contribution < -0.4 is 5.73 Å². The van der Waals surface area contributed by atoms with Gasteiger partial charge in [-0.25, -0.2) is 0 Å². The number of rotatable bonds is 2. The molecule has 0 saturated heterocycles. The van der Waals surface area contributed by atoms with Gasteiger partial charge in [-0.15, -0.1) is 0 Å². The molecule has 0 spiro atoms. The van der Waals surface area contributed by atoms with Crippen LogP contribution in [-0.2, 0) is 4.79 Å². The molecule has 2 saturated carbocycles. The van der Waals surface area contributed by atoms with E-state index in [2.05, 4.69) is 6.92 Å². The van der Waals surface area contributed by atoms with Crippen LogP contribution in [0.5, 0.6) is 0 Å². The van der Waals surface area contributed by atoms with Gasteiger partial charge in [0.05, 0.1) is 0 Å². The third kappa shape index (κ3) is 2.60. The van der Waals surface area contributed by atoms with Crippen LogP contribution in [0.2, 0.25) is 0 Å². The molecule has 2 rings (SSSR count). The normalized spacial score (nSPS) is 41.7. The molecule has 2 aliphatic rings. The number of carbonyl (C=O) groups excluding carboxylic acids is 1. The lowest BCUT2D eigenvalue weighted by Gasteiger charge is -2.27. The van der Waals surface area contributed by atoms with Crippen LogP contribution in [0.1, 0.15) is 51.9 Å². The van der Waals surface area contributed by atoms with E-state index in [0.29, 0.717) is 23.7 Å². The summed E-state index contributed by atoms with van der Waals surface area (Å²) in [5.41, 5.74) is 5.86. The highest BCUT2D eigenvalue weighted by Gasteiger charge is 2.33. The summed E-state index contributed by atoms with van der Waals surface area (Å²) in [6.45, 7) is 2.30. The maximum atomic E-state index is 12.2. The van der Waals surface area contributed by atoms with Gasteiger partial charge in [-0.2, -0.15) is 0 Å². The lowest BCUT2D eigenvalue weighted by atomic mass is 9.77. The predicted octanol–water partition coefficient (Wildman–Crippen LogP) is 2.51. The number of hydrogen-bond donors (Lipinski definition) is 1. The van der Waals surface area contributed by atoms with Gasteiger partial charge in [0.1, 0.15) is 5.78 Å². The maximum Gasteiger partial charge on any atom is 0.139 e. The summed E-state index contributed by atoms with van der Waals surface area (Å²) in [6, 6.07) is 0.293. The van der Waals surface area contributed by atoms with Crippen molar-refractivity contribution in [2.45, 2.75) is 57.9 Å². The number of carbonyl (C=O) groups is 1. The van der Waals surface area contributed by atoms with Gasteiger partial charge in [0.2, 0.25) is 0 Å². The van der Waals surface area contributed by atoms with Crippen LogP contribution in [0, 0.1) is 17.8 Å². The van der Waals surface area contributed by atoms with Crippen molar-refractivity contribution < 1.29 is 4.79 Å². The number of nitrogens with two attached hydrogens (primary N) is 1. The lowest BCUT2D eigenvalue weighted by Crippen LogP contribution is -2.27. The Morgan fingerprint density at radius 2 is 1.60 bits per heavy atom. The third-order valence-corrected chi connectivity index (χ3v) is 4.29. The molecule has 0 aliphatic heterocycles. The van der Waals surface area contributed by atoms with Gasteiger partial charge in [0.15, 0.2) is 0 Å². The molecule has 2 unspecified atom stereocenters. The highest BCUT2D eigenvalue weighted by atomic mass is 16.1. The molecule has 2 aliphatic carbocycles. The first-order valence-electron chi connectivity index (χ1n) is 6.46. The van der Waals surface area contributed by atoms with Crippen LogP contribution in [-0.4, -0.2) is 11.8 Å². The molecule has 2 nitrogen and oxygen atoms in total. The second-order valence-corrected chi connectivity index (χ2v) is 5.63. The quantitative estimate of drug-likeness (QED) is 0.759. The standard InChI is InChI=1S/C13H23NO/c1-9-2-4-10(5-3-9)13(15)11-6-7-12(14)8-11/h9-12H,2-8,14H2,1H3. The number of hydrogen-bond acceptors (Lipinski definition) is 2. The maximum absolute atomic E-state index is 12.2. The Morgan fingerprint density at radius 1 is 1.00 bits per heavy atom. The van der Waals surface area contributed by atoms with Crippen molar-refractivity contribution in [3.05, 3.63) is 0 Å². The summed E-state index contributed by atoms with van der Waals surface area (Å²) in [6.07, 6.45) is 7.80. The van der Waals surface area contributed by atoms with Crippen molar-refractivity contribution in [1.29, 1.82) is 0 Å². The van der Waals surface area contributed by atoms with Crippen molar-refractivity contribution in [3.8, 4) is 0 Å². The summed E-state index contributed by atoms with van der Waals surface area (Å²) in [5.74, 6) is 2.05. The fourth-order valence-corrected chi connectivity index (χ4v) is 3.15. The number of ketones is 1. The highest BCUT2D eigenvalue weighted by molar-refractivity contribution is 5.83. The molecule has 15 heavy (non-hydrogen) atoms. The van der Waals surface area contributed by atoms with Gasteiger partial charge in [0.25, 0.3) is 0 Å². The highest BCUT2D eigenvalue weighted by Crippen LogP contribution is 2.34. The fourth-order valence-electron chi connectivity index (χ4n) is 3.15. The zero-order chi connectivity index (χ0) is 10.8. The van der Waals surface area contributed by atoms with Crippen molar-refractivity contribution in [2.75, 3.05) is 0 Å². The molecule has 86 valence electrons. The minimum absolute atomic E-state index is 0.293. The second-order valence-electron chi connectivity index (χ2n) is 5.63. The van der Waals surface area contributed by atoms with Gasteiger partial charge < -0.3 is 5.73 Å². The minimum atomic E-state index is 0.293. The number of Topliss-reactive ketones (excluding diaryl/α,β-unsaturated/α-hetero) is 1. The van der Waals surface area contributed by atoms with E-state index < -0.39 is 0 Å². The van der Waals surface area contributed by atoms with Gasteiger partial charge in [-0.3, -0.25) is 4.79 Å². The SMILES string of the molecule is CC1CCC(C(=O)C2CCC(N)C2)CC1. The van der Waals surface area contributed by atoms with Crippen LogP contribution in [0.3, 0.4) is 0 Å². The van der Waals surface area contributed by atoms with E-state index in [1.807, 2.05) is 0 Å². The van der Waals surface area contributed by atoms with Gasteiger partial charge in [-0.1, -0.05) is 19.8 Å². The summed E-state index contributed by atoms with van der Waals surface area (Å²) < 4.78 is 0. The molecule has 2 fully saturated rings. The zero-order valence-corrected chi connectivity index (χ0v) is 9.74. The Morgan fingerprint density at radius 3 is 2.13 bits per heavy atom. The zero-order valence-electron chi connectivity index (χ0n) is 9.74. The van der Waals surface area contributed by atoms with Crippen LogP contribution in [0.25, 0.3) is 0 Å². The molecule has 0 bridgehead atoms. The van der Waals surface area contributed by atoms with E-state index in [9.17, 15) is 4.79 Å². The summed E-state index contributed by atoms with van der Waals surface area (Å²) in [4.78, 5) is 12.2. The first kappa shape index (κ1) is 11.1. The monoisotopic (exact) mass is 209 g/mol. The summed E-state index contributed by atoms with van der Waals surface area (Å²) >= 11 is 0. The van der Waals surface area contributed by atoms with Crippen molar-refractivity contribution >= 4 is 5.78 Å². The topological polar surface area (TPSA) is 43.1 Å². The van der Waals surface area contributed by atoms with Gasteiger partial charge in [-0.05, 0) is 38.0 Å². The molecule has 0 radical (unpaired) electrons. The Kier molecular flexibility index (Phi) is 3.45. The fraction of sp³-hybridized carbons (Fsp3) is 0.923. The largest absolute Gasteiger partial charge is 0.328 e. The smallest absolute Gasteiger partial charge is 0.139 e. The molecular weight excluding hydrogens is 186 g/mol.